The first-order valence-corrected chi connectivity index (χ1v) is 7.06. The lowest BCUT2D eigenvalue weighted by Crippen LogP contribution is -2.46. The second-order valence-electron chi connectivity index (χ2n) is 5.12. The third-order valence-corrected chi connectivity index (χ3v) is 4.06. The van der Waals surface area contributed by atoms with E-state index in [1.807, 2.05) is 24.3 Å². The Morgan fingerprint density at radius 1 is 1.09 bits per heavy atom. The lowest BCUT2D eigenvalue weighted by atomic mass is 9.90. The van der Waals surface area contributed by atoms with E-state index < -0.39 is 5.79 Å². The Kier molecular flexibility index (Phi) is 3.66. The first-order valence-electron chi connectivity index (χ1n) is 7.06. The van der Waals surface area contributed by atoms with E-state index in [4.69, 9.17) is 18.9 Å². The zero-order valence-corrected chi connectivity index (χ0v) is 12.8. The molecular formula is C17H18O5. The van der Waals surface area contributed by atoms with Crippen molar-refractivity contribution in [2.45, 2.75) is 18.6 Å². The summed E-state index contributed by atoms with van der Waals surface area (Å²) >= 11 is 0. The molecule has 0 amide bonds. The van der Waals surface area contributed by atoms with Gasteiger partial charge in [0.15, 0.2) is 11.5 Å². The van der Waals surface area contributed by atoms with Crippen molar-refractivity contribution in [1.82, 2.24) is 0 Å². The number of rotatable bonds is 3. The van der Waals surface area contributed by atoms with E-state index in [-0.39, 0.29) is 11.5 Å². The summed E-state index contributed by atoms with van der Waals surface area (Å²) in [4.78, 5) is 12.2. The molecule has 1 atom stereocenters. The highest BCUT2D eigenvalue weighted by Gasteiger charge is 2.50. The van der Waals surface area contributed by atoms with Crippen molar-refractivity contribution < 1.29 is 23.7 Å². The summed E-state index contributed by atoms with van der Waals surface area (Å²) in [6, 6.07) is 7.75. The lowest BCUT2D eigenvalue weighted by molar-refractivity contribution is -0.141. The van der Waals surface area contributed by atoms with Crippen LogP contribution in [0.1, 0.15) is 12.0 Å². The average Bonchev–Trinajstić information content (AvgIpc) is 2.71. The van der Waals surface area contributed by atoms with Gasteiger partial charge in [-0.1, -0.05) is 18.2 Å². The smallest absolute Gasteiger partial charge is 0.296 e. The number of allylic oxidation sites excluding steroid dienone is 1. The van der Waals surface area contributed by atoms with Gasteiger partial charge in [0.2, 0.25) is 5.78 Å². The molecule has 0 saturated heterocycles. The van der Waals surface area contributed by atoms with E-state index in [9.17, 15) is 4.79 Å². The molecule has 3 rings (SSSR count). The number of benzene rings is 1. The summed E-state index contributed by atoms with van der Waals surface area (Å²) in [6.07, 6.45) is 2.67. The normalized spacial score (nSPS) is 23.8. The van der Waals surface area contributed by atoms with Gasteiger partial charge >= 0.3 is 0 Å². The van der Waals surface area contributed by atoms with Gasteiger partial charge in [0.25, 0.3) is 5.79 Å². The fraction of sp³-hybridized carbons (Fsp3) is 0.353. The summed E-state index contributed by atoms with van der Waals surface area (Å²) in [5.41, 5.74) is 1.71. The predicted octanol–water partition coefficient (Wildman–Crippen LogP) is 2.37. The van der Waals surface area contributed by atoms with Crippen molar-refractivity contribution in [3.05, 3.63) is 53.0 Å². The van der Waals surface area contributed by atoms with Crippen molar-refractivity contribution in [2.75, 3.05) is 21.3 Å². The molecule has 2 aliphatic rings. The van der Waals surface area contributed by atoms with Gasteiger partial charge in [0.1, 0.15) is 5.75 Å². The third kappa shape index (κ3) is 2.01. The molecule has 5 heteroatoms. The Balaban J connectivity index is 2.22. The second-order valence-corrected chi connectivity index (χ2v) is 5.12. The molecule has 0 radical (unpaired) electrons. The Labute approximate surface area is 129 Å². The van der Waals surface area contributed by atoms with Crippen LogP contribution in [0.3, 0.4) is 0 Å². The second kappa shape index (κ2) is 5.50. The van der Waals surface area contributed by atoms with Crippen LogP contribution in [0.15, 0.2) is 47.4 Å². The van der Waals surface area contributed by atoms with Crippen LogP contribution >= 0.6 is 0 Å². The van der Waals surface area contributed by atoms with E-state index in [1.165, 1.54) is 27.4 Å². The summed E-state index contributed by atoms with van der Waals surface area (Å²) in [7, 11) is 4.50. The minimum absolute atomic E-state index is 0.239. The molecule has 0 saturated carbocycles. The number of aryl methyl sites for hydroxylation is 1. The molecule has 0 aromatic heterocycles. The summed E-state index contributed by atoms with van der Waals surface area (Å²) in [5, 5.41) is 0. The SMILES string of the molecule is COC1=CC(=O)C(OC)=C2CCc3ccccc3OC12OC. The van der Waals surface area contributed by atoms with Gasteiger partial charge in [0.05, 0.1) is 19.8 Å². The van der Waals surface area contributed by atoms with Crippen molar-refractivity contribution in [3.8, 4) is 5.75 Å². The van der Waals surface area contributed by atoms with Crippen molar-refractivity contribution >= 4 is 5.78 Å². The van der Waals surface area contributed by atoms with Crippen LogP contribution in [0.5, 0.6) is 5.75 Å². The Morgan fingerprint density at radius 2 is 1.86 bits per heavy atom. The van der Waals surface area contributed by atoms with E-state index in [1.54, 1.807) is 0 Å². The average molecular weight is 302 g/mol. The van der Waals surface area contributed by atoms with Crippen molar-refractivity contribution in [1.29, 1.82) is 0 Å². The van der Waals surface area contributed by atoms with Gasteiger partial charge in [-0.2, -0.15) is 0 Å². The standard InChI is InChI=1S/C17H18O5/c1-19-15-10-13(18)16(20-2)12-9-8-11-6-4-5-7-14(11)22-17(12,15)21-3/h4-7,10H,8-9H2,1-3H3. The molecular weight excluding hydrogens is 284 g/mol. The third-order valence-electron chi connectivity index (χ3n) is 4.06. The number of ketones is 1. The zero-order valence-electron chi connectivity index (χ0n) is 12.8. The molecule has 116 valence electrons. The highest BCUT2D eigenvalue weighted by Crippen LogP contribution is 2.44. The first-order chi connectivity index (χ1) is 10.7. The molecule has 22 heavy (non-hydrogen) atoms. The van der Waals surface area contributed by atoms with Crippen LogP contribution in [0.4, 0.5) is 0 Å². The Hall–Kier alpha value is -2.27. The molecule has 1 aromatic carbocycles. The summed E-state index contributed by atoms with van der Waals surface area (Å²) in [5.74, 6) is -0.202. The maximum atomic E-state index is 12.2. The molecule has 5 nitrogen and oxygen atoms in total. The number of carbonyl (C=O) groups excluding carboxylic acids is 1. The summed E-state index contributed by atoms with van der Waals surface area (Å²) < 4.78 is 22.6. The fourth-order valence-electron chi connectivity index (χ4n) is 3.02. The number of fused-ring (bicyclic) bond motifs is 2. The predicted molar refractivity (Wildman–Crippen MR) is 79.3 cm³/mol. The molecule has 0 N–H and O–H groups in total. The molecule has 1 aromatic rings. The van der Waals surface area contributed by atoms with E-state index in [0.29, 0.717) is 23.5 Å². The molecule has 1 unspecified atom stereocenters. The molecule has 0 fully saturated rings. The van der Waals surface area contributed by atoms with E-state index in [0.717, 1.165) is 12.0 Å². The minimum Gasteiger partial charge on any atom is -0.494 e. The topological polar surface area (TPSA) is 54.0 Å². The van der Waals surface area contributed by atoms with Gasteiger partial charge in [-0.05, 0) is 24.5 Å². The van der Waals surface area contributed by atoms with Crippen LogP contribution in [-0.2, 0) is 25.4 Å². The van der Waals surface area contributed by atoms with Crippen LogP contribution in [-0.4, -0.2) is 32.9 Å². The maximum Gasteiger partial charge on any atom is 0.296 e. The molecule has 1 aliphatic heterocycles. The van der Waals surface area contributed by atoms with Gasteiger partial charge in [-0.3, -0.25) is 4.79 Å². The van der Waals surface area contributed by atoms with Gasteiger partial charge < -0.3 is 18.9 Å². The molecule has 0 spiro atoms. The number of ether oxygens (including phenoxy) is 4. The van der Waals surface area contributed by atoms with Crippen LogP contribution in [0.2, 0.25) is 0 Å². The number of methoxy groups -OCH3 is 3. The molecule has 1 aliphatic carbocycles. The molecule has 1 heterocycles. The van der Waals surface area contributed by atoms with Gasteiger partial charge in [-0.25, -0.2) is 0 Å². The summed E-state index contributed by atoms with van der Waals surface area (Å²) in [6.45, 7) is 0. The van der Waals surface area contributed by atoms with Crippen molar-refractivity contribution in [2.24, 2.45) is 0 Å². The van der Waals surface area contributed by atoms with E-state index >= 15 is 0 Å². The van der Waals surface area contributed by atoms with Gasteiger partial charge in [0, 0.05) is 13.2 Å². The van der Waals surface area contributed by atoms with Crippen LogP contribution < -0.4 is 4.74 Å². The fourth-order valence-corrected chi connectivity index (χ4v) is 3.02. The monoisotopic (exact) mass is 302 g/mol. The van der Waals surface area contributed by atoms with Crippen LogP contribution in [0.25, 0.3) is 0 Å². The largest absolute Gasteiger partial charge is 0.494 e. The Morgan fingerprint density at radius 3 is 2.55 bits per heavy atom. The number of para-hydroxylation sites is 1. The first kappa shape index (κ1) is 14.7. The number of hydrogen-bond donors (Lipinski definition) is 0. The highest BCUT2D eigenvalue weighted by atomic mass is 16.7. The number of carbonyl (C=O) groups is 1. The number of hydrogen-bond acceptors (Lipinski definition) is 5. The van der Waals surface area contributed by atoms with Crippen LogP contribution in [0, 0.1) is 0 Å². The van der Waals surface area contributed by atoms with E-state index in [2.05, 4.69) is 0 Å². The van der Waals surface area contributed by atoms with Gasteiger partial charge in [-0.15, -0.1) is 0 Å². The zero-order chi connectivity index (χ0) is 15.7. The highest BCUT2D eigenvalue weighted by molar-refractivity contribution is 6.05. The molecule has 0 bridgehead atoms. The Bertz CT molecular complexity index is 673. The van der Waals surface area contributed by atoms with Crippen molar-refractivity contribution in [3.63, 3.8) is 0 Å². The maximum absolute atomic E-state index is 12.2. The lowest BCUT2D eigenvalue weighted by Gasteiger charge is -2.37. The quantitative estimate of drug-likeness (QED) is 0.858. The minimum atomic E-state index is -1.26.